The Balaban J connectivity index is 1.51. The summed E-state index contributed by atoms with van der Waals surface area (Å²) in [7, 11) is -4.02. The maximum absolute atomic E-state index is 13.7. The molecule has 4 rings (SSSR count). The molecule has 10 heteroatoms. The summed E-state index contributed by atoms with van der Waals surface area (Å²) in [6.07, 6.45) is -1.01. The zero-order valence-corrected chi connectivity index (χ0v) is 23.7. The lowest BCUT2D eigenvalue weighted by Gasteiger charge is -2.36. The number of rotatable bonds is 10. The van der Waals surface area contributed by atoms with Gasteiger partial charge in [-0.15, -0.1) is 0 Å². The third-order valence-corrected chi connectivity index (χ3v) is 9.75. The lowest BCUT2D eigenvalue weighted by atomic mass is 9.85. The first-order valence-corrected chi connectivity index (χ1v) is 15.0. The van der Waals surface area contributed by atoms with Crippen LogP contribution in [0.2, 0.25) is 5.02 Å². The van der Waals surface area contributed by atoms with Gasteiger partial charge in [0, 0.05) is 25.7 Å². The molecule has 0 heterocycles. The quantitative estimate of drug-likeness (QED) is 0.237. The van der Waals surface area contributed by atoms with E-state index in [1.165, 1.54) is 28.6 Å². The Bertz CT molecular complexity index is 1390. The Labute approximate surface area is 238 Å². The smallest absolute Gasteiger partial charge is 0.338 e. The highest BCUT2D eigenvalue weighted by Gasteiger charge is 2.36. The predicted octanol–water partition coefficient (Wildman–Crippen LogP) is 7.08. The first-order chi connectivity index (χ1) is 19.0. The number of hydrogen-bond donors (Lipinski definition) is 0. The van der Waals surface area contributed by atoms with Gasteiger partial charge in [-0.3, -0.25) is 4.79 Å². The Kier molecular flexibility index (Phi) is 9.59. The summed E-state index contributed by atoms with van der Waals surface area (Å²) in [5.74, 6) is -0.0211. The highest BCUT2D eigenvalue weighted by atomic mass is 35.5. The number of benzene rings is 3. The van der Waals surface area contributed by atoms with Gasteiger partial charge in [-0.25, -0.2) is 8.42 Å². The van der Waals surface area contributed by atoms with Crippen LogP contribution in [-0.4, -0.2) is 36.6 Å². The van der Waals surface area contributed by atoms with Crippen LogP contribution in [0.1, 0.15) is 47.9 Å². The van der Waals surface area contributed by atoms with Crippen LogP contribution < -0.4 is 0 Å². The van der Waals surface area contributed by atoms with Gasteiger partial charge in [0.25, 0.3) is 0 Å². The summed E-state index contributed by atoms with van der Waals surface area (Å²) < 4.78 is 69.0. The summed E-state index contributed by atoms with van der Waals surface area (Å²) in [5.41, 5.74) is 1.28. The van der Waals surface area contributed by atoms with Gasteiger partial charge < -0.3 is 4.90 Å². The molecule has 3 aromatic rings. The molecular formula is C30H32ClF3N2O3S. The molecule has 0 aromatic heterocycles. The van der Waals surface area contributed by atoms with Crippen molar-refractivity contribution >= 4 is 28.0 Å². The minimum absolute atomic E-state index is 0.0211. The second-order valence-corrected chi connectivity index (χ2v) is 12.6. The Morgan fingerprint density at radius 1 is 0.900 bits per heavy atom. The van der Waals surface area contributed by atoms with E-state index in [4.69, 9.17) is 11.6 Å². The molecule has 3 aromatic carbocycles. The van der Waals surface area contributed by atoms with Crippen LogP contribution in [0.5, 0.6) is 0 Å². The van der Waals surface area contributed by atoms with Crippen molar-refractivity contribution in [3.8, 4) is 0 Å². The largest absolute Gasteiger partial charge is 0.417 e. The SMILES string of the molecule is Cc1ccc(CN(C=O)C2CCC(CN(Cc3cccc(C(F)(F)F)c3Cl)S(=O)(=O)c3ccccc3)CC2)cc1. The Morgan fingerprint density at radius 3 is 2.15 bits per heavy atom. The molecule has 1 amide bonds. The summed E-state index contributed by atoms with van der Waals surface area (Å²) in [6.45, 7) is 2.36. The molecule has 0 bridgehead atoms. The monoisotopic (exact) mass is 592 g/mol. The van der Waals surface area contributed by atoms with E-state index in [9.17, 15) is 26.4 Å². The molecule has 0 N–H and O–H groups in total. The summed E-state index contributed by atoms with van der Waals surface area (Å²) >= 11 is 6.14. The van der Waals surface area contributed by atoms with Crippen LogP contribution in [0.25, 0.3) is 0 Å². The zero-order valence-electron chi connectivity index (χ0n) is 22.1. The van der Waals surface area contributed by atoms with Crippen molar-refractivity contribution in [2.24, 2.45) is 5.92 Å². The van der Waals surface area contributed by atoms with E-state index in [0.717, 1.165) is 23.6 Å². The van der Waals surface area contributed by atoms with Crippen molar-refractivity contribution in [3.05, 3.63) is 100 Å². The van der Waals surface area contributed by atoms with Gasteiger partial charge in [0.2, 0.25) is 16.4 Å². The number of amides is 1. The zero-order chi connectivity index (χ0) is 28.9. The van der Waals surface area contributed by atoms with Gasteiger partial charge in [-0.1, -0.05) is 71.8 Å². The summed E-state index contributed by atoms with van der Waals surface area (Å²) in [4.78, 5) is 13.8. The average Bonchev–Trinajstić information content (AvgIpc) is 2.93. The number of nitrogens with zero attached hydrogens (tertiary/aromatic N) is 2. The molecule has 0 aliphatic heterocycles. The van der Waals surface area contributed by atoms with Gasteiger partial charge in [0.15, 0.2) is 0 Å². The molecule has 5 nitrogen and oxygen atoms in total. The van der Waals surface area contributed by atoms with Crippen LogP contribution in [0.4, 0.5) is 13.2 Å². The third-order valence-electron chi connectivity index (χ3n) is 7.48. The minimum atomic E-state index is -4.66. The minimum Gasteiger partial charge on any atom is -0.338 e. The molecule has 0 spiro atoms. The molecular weight excluding hydrogens is 561 g/mol. The molecule has 1 aliphatic rings. The van der Waals surface area contributed by atoms with Crippen LogP contribution in [-0.2, 0) is 34.1 Å². The van der Waals surface area contributed by atoms with Gasteiger partial charge >= 0.3 is 6.18 Å². The van der Waals surface area contributed by atoms with Crippen LogP contribution >= 0.6 is 11.6 Å². The van der Waals surface area contributed by atoms with E-state index < -0.39 is 26.8 Å². The topological polar surface area (TPSA) is 57.7 Å². The number of carbonyl (C=O) groups is 1. The molecule has 0 saturated heterocycles. The van der Waals surface area contributed by atoms with Crippen molar-refractivity contribution in [3.63, 3.8) is 0 Å². The molecule has 40 heavy (non-hydrogen) atoms. The normalized spacial score (nSPS) is 18.1. The van der Waals surface area contributed by atoms with Gasteiger partial charge in [-0.2, -0.15) is 17.5 Å². The molecule has 214 valence electrons. The predicted molar refractivity (Wildman–Crippen MR) is 149 cm³/mol. The maximum Gasteiger partial charge on any atom is 0.417 e. The Hall–Kier alpha value is -2.88. The molecule has 1 aliphatic carbocycles. The highest BCUT2D eigenvalue weighted by Crippen LogP contribution is 2.37. The van der Waals surface area contributed by atoms with E-state index in [1.54, 1.807) is 23.1 Å². The molecule has 0 atom stereocenters. The van der Waals surface area contributed by atoms with E-state index in [0.29, 0.717) is 32.2 Å². The molecule has 1 saturated carbocycles. The fourth-order valence-corrected chi connectivity index (χ4v) is 7.01. The molecule has 0 radical (unpaired) electrons. The third kappa shape index (κ3) is 7.25. The number of aryl methyl sites for hydroxylation is 1. The van der Waals surface area contributed by atoms with Gasteiger partial charge in [0.1, 0.15) is 0 Å². The first kappa shape index (κ1) is 30.1. The van der Waals surface area contributed by atoms with E-state index in [-0.39, 0.29) is 35.5 Å². The maximum atomic E-state index is 13.7. The van der Waals surface area contributed by atoms with Crippen molar-refractivity contribution < 1.29 is 26.4 Å². The fraction of sp³-hybridized carbons (Fsp3) is 0.367. The molecule has 1 fully saturated rings. The second-order valence-electron chi connectivity index (χ2n) is 10.3. The highest BCUT2D eigenvalue weighted by molar-refractivity contribution is 7.89. The van der Waals surface area contributed by atoms with Crippen molar-refractivity contribution in [1.29, 1.82) is 0 Å². The number of sulfonamides is 1. The van der Waals surface area contributed by atoms with Gasteiger partial charge in [0.05, 0.1) is 15.5 Å². The van der Waals surface area contributed by atoms with E-state index in [1.807, 2.05) is 31.2 Å². The van der Waals surface area contributed by atoms with E-state index >= 15 is 0 Å². The lowest BCUT2D eigenvalue weighted by molar-refractivity contribution is -0.137. The van der Waals surface area contributed by atoms with Gasteiger partial charge in [-0.05, 0) is 67.9 Å². The number of carbonyl (C=O) groups excluding carboxylic acids is 1. The lowest BCUT2D eigenvalue weighted by Crippen LogP contribution is -2.40. The van der Waals surface area contributed by atoms with Crippen LogP contribution in [0, 0.1) is 12.8 Å². The summed E-state index contributed by atoms with van der Waals surface area (Å²) in [6, 6.07) is 19.5. The number of alkyl halides is 3. The summed E-state index contributed by atoms with van der Waals surface area (Å²) in [5, 5.41) is -0.496. The van der Waals surface area contributed by atoms with Crippen LogP contribution in [0.15, 0.2) is 77.7 Å². The number of halogens is 4. The Morgan fingerprint density at radius 2 is 1.55 bits per heavy atom. The number of hydrogen-bond acceptors (Lipinski definition) is 3. The fourth-order valence-electron chi connectivity index (χ4n) is 5.20. The van der Waals surface area contributed by atoms with E-state index in [2.05, 4.69) is 0 Å². The van der Waals surface area contributed by atoms with Crippen molar-refractivity contribution in [2.75, 3.05) is 6.54 Å². The standard InChI is InChI=1S/C30H32ClF3N2O3S/c1-22-10-12-23(13-11-22)18-35(21-37)26-16-14-24(15-17-26)19-36(40(38,39)27-7-3-2-4-8-27)20-25-6-5-9-28(29(25)31)30(32,33)34/h2-13,21,24,26H,14-20H2,1H3. The first-order valence-electron chi connectivity index (χ1n) is 13.2. The van der Waals surface area contributed by atoms with Crippen LogP contribution in [0.3, 0.4) is 0 Å². The van der Waals surface area contributed by atoms with Crippen molar-refractivity contribution in [2.45, 2.75) is 62.8 Å². The average molecular weight is 593 g/mol. The molecule has 0 unspecified atom stereocenters. The van der Waals surface area contributed by atoms with Crippen molar-refractivity contribution in [1.82, 2.24) is 9.21 Å². The second kappa shape index (κ2) is 12.7.